The number of thiazole rings is 1. The van der Waals surface area contributed by atoms with E-state index < -0.39 is 0 Å². The summed E-state index contributed by atoms with van der Waals surface area (Å²) in [6.07, 6.45) is 5.29. The molecule has 0 spiro atoms. The van der Waals surface area contributed by atoms with Crippen molar-refractivity contribution in [2.45, 2.75) is 45.1 Å². The molecule has 0 amide bonds. The molecule has 21 heavy (non-hydrogen) atoms. The van der Waals surface area contributed by atoms with Gasteiger partial charge < -0.3 is 10.7 Å². The van der Waals surface area contributed by atoms with Gasteiger partial charge in [-0.1, -0.05) is 6.92 Å². The predicted molar refractivity (Wildman–Crippen MR) is 85.3 cm³/mol. The normalized spacial score (nSPS) is 15.8. The lowest BCUT2D eigenvalue weighted by atomic mass is 10.3. The van der Waals surface area contributed by atoms with Crippen LogP contribution in [0.15, 0.2) is 12.3 Å². The quantitative estimate of drug-likeness (QED) is 0.562. The number of nitrogens with two attached hydrogens (primary N) is 1. The molecule has 0 bridgehead atoms. The molecule has 1 saturated carbocycles. The molecule has 112 valence electrons. The summed E-state index contributed by atoms with van der Waals surface area (Å²) in [7, 11) is 0. The molecule has 0 aliphatic heterocycles. The number of aromatic nitrogens is 3. The minimum absolute atomic E-state index is 0.114. The summed E-state index contributed by atoms with van der Waals surface area (Å²) in [5.74, 6) is 8.29. The number of rotatable bonds is 6. The van der Waals surface area contributed by atoms with Crippen LogP contribution < -0.4 is 16.6 Å². The second kappa shape index (κ2) is 5.95. The standard InChI is InChI=1S/C14H20N6S/c1-3-10-7-16-14(21-10)8(2)17-11-6-12(20-15)19-13(18-11)9-4-5-9/h6-9H,3-5,15H2,1-2H3,(H2,17,18,19,20). The third-order valence-electron chi connectivity index (χ3n) is 3.49. The van der Waals surface area contributed by atoms with Crippen molar-refractivity contribution in [3.63, 3.8) is 0 Å². The molecular formula is C14H20N6S. The third-order valence-corrected chi connectivity index (χ3v) is 4.81. The zero-order valence-corrected chi connectivity index (χ0v) is 13.1. The van der Waals surface area contributed by atoms with Crippen molar-refractivity contribution in [1.29, 1.82) is 0 Å². The number of anilines is 2. The molecular weight excluding hydrogens is 284 g/mol. The Hall–Kier alpha value is -1.73. The Kier molecular flexibility index (Phi) is 4.03. The molecule has 2 heterocycles. The first-order valence-electron chi connectivity index (χ1n) is 7.26. The SMILES string of the molecule is CCc1cnc(C(C)Nc2cc(NN)nc(C3CC3)n2)s1. The maximum Gasteiger partial charge on any atom is 0.145 e. The maximum absolute atomic E-state index is 5.49. The fourth-order valence-electron chi connectivity index (χ4n) is 2.11. The lowest BCUT2D eigenvalue weighted by Gasteiger charge is -2.13. The van der Waals surface area contributed by atoms with Crippen molar-refractivity contribution >= 4 is 23.0 Å². The van der Waals surface area contributed by atoms with Gasteiger partial charge in [0.2, 0.25) is 0 Å². The van der Waals surface area contributed by atoms with Crippen molar-refractivity contribution in [3.05, 3.63) is 28.0 Å². The van der Waals surface area contributed by atoms with E-state index in [0.29, 0.717) is 11.7 Å². The molecule has 3 rings (SSSR count). The Labute approximate surface area is 128 Å². The van der Waals surface area contributed by atoms with Crippen molar-refractivity contribution in [1.82, 2.24) is 15.0 Å². The van der Waals surface area contributed by atoms with Crippen LogP contribution in [0.1, 0.15) is 54.4 Å². The Balaban J connectivity index is 1.78. The molecule has 1 aliphatic carbocycles. The number of hydrogen-bond acceptors (Lipinski definition) is 7. The molecule has 4 N–H and O–H groups in total. The summed E-state index contributed by atoms with van der Waals surface area (Å²) >= 11 is 1.74. The monoisotopic (exact) mass is 304 g/mol. The van der Waals surface area contributed by atoms with E-state index in [-0.39, 0.29) is 6.04 Å². The van der Waals surface area contributed by atoms with Crippen LogP contribution >= 0.6 is 11.3 Å². The van der Waals surface area contributed by atoms with E-state index in [1.54, 1.807) is 11.3 Å². The summed E-state index contributed by atoms with van der Waals surface area (Å²) in [5, 5.41) is 4.46. The van der Waals surface area contributed by atoms with Gasteiger partial charge in [0.15, 0.2) is 0 Å². The number of hydrogen-bond donors (Lipinski definition) is 3. The molecule has 2 aromatic rings. The minimum atomic E-state index is 0.114. The smallest absolute Gasteiger partial charge is 0.145 e. The summed E-state index contributed by atoms with van der Waals surface area (Å²) in [6, 6.07) is 1.94. The average molecular weight is 304 g/mol. The zero-order chi connectivity index (χ0) is 14.8. The summed E-state index contributed by atoms with van der Waals surface area (Å²) in [6.45, 7) is 4.23. The summed E-state index contributed by atoms with van der Waals surface area (Å²) in [4.78, 5) is 14.8. The van der Waals surface area contributed by atoms with E-state index in [4.69, 9.17) is 5.84 Å². The lowest BCUT2D eigenvalue weighted by Crippen LogP contribution is -2.13. The lowest BCUT2D eigenvalue weighted by molar-refractivity contribution is 0.844. The highest BCUT2D eigenvalue weighted by Crippen LogP contribution is 2.39. The van der Waals surface area contributed by atoms with Gasteiger partial charge in [0.1, 0.15) is 22.5 Å². The van der Waals surface area contributed by atoms with Gasteiger partial charge in [-0.2, -0.15) is 0 Å². The number of nitrogens with one attached hydrogen (secondary N) is 2. The summed E-state index contributed by atoms with van der Waals surface area (Å²) in [5.41, 5.74) is 2.61. The first-order valence-corrected chi connectivity index (χ1v) is 8.08. The van der Waals surface area contributed by atoms with Crippen LogP contribution in [0.2, 0.25) is 0 Å². The number of nitrogen functional groups attached to an aromatic ring is 1. The highest BCUT2D eigenvalue weighted by molar-refractivity contribution is 7.11. The van der Waals surface area contributed by atoms with E-state index in [0.717, 1.165) is 35.9 Å². The Morgan fingerprint density at radius 3 is 2.76 bits per heavy atom. The van der Waals surface area contributed by atoms with Crippen LogP contribution in [0.4, 0.5) is 11.6 Å². The van der Waals surface area contributed by atoms with Gasteiger partial charge in [-0.05, 0) is 26.2 Å². The van der Waals surface area contributed by atoms with Gasteiger partial charge in [0.05, 0.1) is 6.04 Å². The Morgan fingerprint density at radius 1 is 1.38 bits per heavy atom. The van der Waals surface area contributed by atoms with Crippen molar-refractivity contribution in [2.24, 2.45) is 5.84 Å². The molecule has 2 aromatic heterocycles. The number of aryl methyl sites for hydroxylation is 1. The molecule has 1 unspecified atom stereocenters. The summed E-state index contributed by atoms with van der Waals surface area (Å²) < 4.78 is 0. The van der Waals surface area contributed by atoms with Crippen molar-refractivity contribution < 1.29 is 0 Å². The Bertz CT molecular complexity index is 622. The largest absolute Gasteiger partial charge is 0.361 e. The van der Waals surface area contributed by atoms with E-state index in [2.05, 4.69) is 39.5 Å². The Morgan fingerprint density at radius 2 is 2.14 bits per heavy atom. The predicted octanol–water partition coefficient (Wildman–Crippen LogP) is 2.83. The molecule has 6 nitrogen and oxygen atoms in total. The maximum atomic E-state index is 5.49. The van der Waals surface area contributed by atoms with Crippen molar-refractivity contribution in [2.75, 3.05) is 10.7 Å². The number of hydrazine groups is 1. The molecule has 0 saturated heterocycles. The fourth-order valence-corrected chi connectivity index (χ4v) is 2.97. The van der Waals surface area contributed by atoms with E-state index in [1.165, 1.54) is 4.88 Å². The molecule has 1 atom stereocenters. The van der Waals surface area contributed by atoms with E-state index in [9.17, 15) is 0 Å². The van der Waals surface area contributed by atoms with Crippen LogP contribution in [-0.2, 0) is 6.42 Å². The first kappa shape index (κ1) is 14.2. The molecule has 1 fully saturated rings. The molecule has 0 radical (unpaired) electrons. The van der Waals surface area contributed by atoms with Crippen LogP contribution in [0.3, 0.4) is 0 Å². The highest BCUT2D eigenvalue weighted by Gasteiger charge is 2.27. The topological polar surface area (TPSA) is 88.8 Å². The first-order chi connectivity index (χ1) is 10.2. The minimum Gasteiger partial charge on any atom is -0.361 e. The van der Waals surface area contributed by atoms with Gasteiger partial charge in [0, 0.05) is 23.1 Å². The van der Waals surface area contributed by atoms with Crippen LogP contribution in [-0.4, -0.2) is 15.0 Å². The van der Waals surface area contributed by atoms with Gasteiger partial charge in [-0.3, -0.25) is 0 Å². The van der Waals surface area contributed by atoms with E-state index >= 15 is 0 Å². The second-order valence-electron chi connectivity index (χ2n) is 5.30. The van der Waals surface area contributed by atoms with Gasteiger partial charge in [0.25, 0.3) is 0 Å². The molecule has 1 aliphatic rings. The number of nitrogens with zero attached hydrogens (tertiary/aromatic N) is 3. The second-order valence-corrected chi connectivity index (χ2v) is 6.45. The van der Waals surface area contributed by atoms with Crippen molar-refractivity contribution in [3.8, 4) is 0 Å². The van der Waals surface area contributed by atoms with Crippen LogP contribution in [0.25, 0.3) is 0 Å². The zero-order valence-electron chi connectivity index (χ0n) is 12.3. The molecule has 0 aromatic carbocycles. The average Bonchev–Trinajstić information content (AvgIpc) is 3.24. The van der Waals surface area contributed by atoms with Crippen LogP contribution in [0, 0.1) is 0 Å². The van der Waals surface area contributed by atoms with Gasteiger partial charge in [-0.15, -0.1) is 11.3 Å². The molecule has 7 heteroatoms. The van der Waals surface area contributed by atoms with Gasteiger partial charge in [-0.25, -0.2) is 20.8 Å². The van der Waals surface area contributed by atoms with Crippen LogP contribution in [0.5, 0.6) is 0 Å². The third kappa shape index (κ3) is 3.30. The van der Waals surface area contributed by atoms with E-state index in [1.807, 2.05) is 12.3 Å². The fraction of sp³-hybridized carbons (Fsp3) is 0.500. The van der Waals surface area contributed by atoms with Gasteiger partial charge >= 0.3 is 0 Å². The highest BCUT2D eigenvalue weighted by atomic mass is 32.1.